The molecule has 0 aliphatic carbocycles. The standard InChI is InChI=1S/C20H22N2O4/c1-14(20(25)26)21-19(24)17(13-12-15-8-4-2-5-9-15)22-18(23)16-10-6-3-7-11-16/h2-11,14,17H,12-13H2,1H3,(H,21,24)(H,22,23)(H,25,26)/t14-,17+/m0/s1. The number of amides is 2. The van der Waals surface area contributed by atoms with Crippen molar-refractivity contribution in [1.29, 1.82) is 0 Å². The van der Waals surface area contributed by atoms with E-state index in [4.69, 9.17) is 5.11 Å². The fourth-order valence-electron chi connectivity index (χ4n) is 2.43. The van der Waals surface area contributed by atoms with Crippen molar-refractivity contribution >= 4 is 17.8 Å². The van der Waals surface area contributed by atoms with Gasteiger partial charge in [-0.25, -0.2) is 0 Å². The fraction of sp³-hybridized carbons (Fsp3) is 0.250. The molecule has 0 radical (unpaired) electrons. The minimum atomic E-state index is -1.13. The zero-order valence-corrected chi connectivity index (χ0v) is 14.5. The number of nitrogens with one attached hydrogen (secondary N) is 2. The second-order valence-electron chi connectivity index (χ2n) is 5.98. The summed E-state index contributed by atoms with van der Waals surface area (Å²) in [6.07, 6.45) is 0.941. The third-order valence-electron chi connectivity index (χ3n) is 3.95. The molecule has 0 aromatic heterocycles. The fourth-order valence-corrected chi connectivity index (χ4v) is 2.43. The van der Waals surface area contributed by atoms with Gasteiger partial charge in [0.25, 0.3) is 5.91 Å². The Labute approximate surface area is 152 Å². The van der Waals surface area contributed by atoms with Crippen LogP contribution in [-0.4, -0.2) is 35.0 Å². The van der Waals surface area contributed by atoms with Crippen molar-refractivity contribution < 1.29 is 19.5 Å². The van der Waals surface area contributed by atoms with Crippen LogP contribution in [-0.2, 0) is 16.0 Å². The highest BCUT2D eigenvalue weighted by Crippen LogP contribution is 2.07. The first-order valence-electron chi connectivity index (χ1n) is 8.40. The summed E-state index contributed by atoms with van der Waals surface area (Å²) in [5.41, 5.74) is 1.47. The lowest BCUT2D eigenvalue weighted by Crippen LogP contribution is -2.51. The van der Waals surface area contributed by atoms with Gasteiger partial charge in [-0.05, 0) is 37.5 Å². The summed E-state index contributed by atoms with van der Waals surface area (Å²) in [6, 6.07) is 16.3. The third-order valence-corrected chi connectivity index (χ3v) is 3.95. The first-order valence-corrected chi connectivity index (χ1v) is 8.40. The highest BCUT2D eigenvalue weighted by atomic mass is 16.4. The highest BCUT2D eigenvalue weighted by Gasteiger charge is 2.24. The van der Waals surface area contributed by atoms with E-state index in [0.717, 1.165) is 5.56 Å². The van der Waals surface area contributed by atoms with E-state index in [2.05, 4.69) is 10.6 Å². The van der Waals surface area contributed by atoms with Crippen LogP contribution in [0.15, 0.2) is 60.7 Å². The molecule has 6 heteroatoms. The molecule has 3 N–H and O–H groups in total. The molecule has 2 atom stereocenters. The molecule has 2 amide bonds. The second kappa shape index (κ2) is 9.36. The number of carboxylic acids is 1. The van der Waals surface area contributed by atoms with Gasteiger partial charge in [0.2, 0.25) is 5.91 Å². The number of hydrogen-bond acceptors (Lipinski definition) is 3. The summed E-state index contributed by atoms with van der Waals surface area (Å²) in [7, 11) is 0. The Kier molecular flexibility index (Phi) is 6.91. The van der Waals surface area contributed by atoms with Crippen molar-refractivity contribution in [3.63, 3.8) is 0 Å². The molecule has 0 spiro atoms. The molecule has 2 aromatic rings. The highest BCUT2D eigenvalue weighted by molar-refractivity contribution is 5.98. The smallest absolute Gasteiger partial charge is 0.325 e. The van der Waals surface area contributed by atoms with E-state index in [9.17, 15) is 14.4 Å². The summed E-state index contributed by atoms with van der Waals surface area (Å²) < 4.78 is 0. The van der Waals surface area contributed by atoms with Gasteiger partial charge in [-0.2, -0.15) is 0 Å². The van der Waals surface area contributed by atoms with Gasteiger partial charge in [0.05, 0.1) is 0 Å². The van der Waals surface area contributed by atoms with Gasteiger partial charge in [0.1, 0.15) is 12.1 Å². The van der Waals surface area contributed by atoms with Crippen molar-refractivity contribution in [3.05, 3.63) is 71.8 Å². The molecule has 6 nitrogen and oxygen atoms in total. The number of aliphatic carboxylic acids is 1. The van der Waals surface area contributed by atoms with Gasteiger partial charge in [-0.15, -0.1) is 0 Å². The topological polar surface area (TPSA) is 95.5 Å². The molecular formula is C20H22N2O4. The molecule has 0 bridgehead atoms. The van der Waals surface area contributed by atoms with Gasteiger partial charge >= 0.3 is 5.97 Å². The summed E-state index contributed by atoms with van der Waals surface area (Å²) in [4.78, 5) is 35.8. The molecule has 0 fully saturated rings. The summed E-state index contributed by atoms with van der Waals surface area (Å²) in [5.74, 6) is -2.02. The average molecular weight is 354 g/mol. The molecule has 26 heavy (non-hydrogen) atoms. The maximum atomic E-state index is 12.5. The molecule has 2 aromatic carbocycles. The number of hydrogen-bond donors (Lipinski definition) is 3. The first-order chi connectivity index (χ1) is 12.5. The number of carbonyl (C=O) groups is 3. The van der Waals surface area contributed by atoms with Crippen LogP contribution in [0.2, 0.25) is 0 Å². The predicted molar refractivity (Wildman–Crippen MR) is 97.7 cm³/mol. The SMILES string of the molecule is C[C@H](NC(=O)[C@@H](CCc1ccccc1)NC(=O)c1ccccc1)C(=O)O. The number of carbonyl (C=O) groups excluding carboxylic acids is 2. The quantitative estimate of drug-likeness (QED) is 0.676. The molecule has 2 rings (SSSR count). The Morgan fingerprint density at radius 1 is 0.923 bits per heavy atom. The van der Waals surface area contributed by atoms with Crippen LogP contribution in [0.5, 0.6) is 0 Å². The molecule has 0 saturated heterocycles. The monoisotopic (exact) mass is 354 g/mol. The van der Waals surface area contributed by atoms with Crippen molar-refractivity contribution in [3.8, 4) is 0 Å². The minimum absolute atomic E-state index is 0.362. The maximum absolute atomic E-state index is 12.5. The van der Waals surface area contributed by atoms with Crippen molar-refractivity contribution in [2.75, 3.05) is 0 Å². The third kappa shape index (κ3) is 5.73. The maximum Gasteiger partial charge on any atom is 0.325 e. The number of rotatable bonds is 8. The van der Waals surface area contributed by atoms with Crippen LogP contribution in [0.25, 0.3) is 0 Å². The van der Waals surface area contributed by atoms with E-state index in [1.165, 1.54) is 6.92 Å². The minimum Gasteiger partial charge on any atom is -0.480 e. The number of aryl methyl sites for hydroxylation is 1. The van der Waals surface area contributed by atoms with E-state index < -0.39 is 24.0 Å². The van der Waals surface area contributed by atoms with Crippen LogP contribution in [0.4, 0.5) is 0 Å². The zero-order chi connectivity index (χ0) is 18.9. The lowest BCUT2D eigenvalue weighted by Gasteiger charge is -2.20. The number of benzene rings is 2. The van der Waals surface area contributed by atoms with Gasteiger partial charge in [-0.3, -0.25) is 14.4 Å². The van der Waals surface area contributed by atoms with Crippen LogP contribution < -0.4 is 10.6 Å². The van der Waals surface area contributed by atoms with Crippen molar-refractivity contribution in [2.45, 2.75) is 31.8 Å². The Morgan fingerprint density at radius 3 is 2.08 bits per heavy atom. The van der Waals surface area contributed by atoms with Crippen molar-refractivity contribution in [2.24, 2.45) is 0 Å². The van der Waals surface area contributed by atoms with E-state index >= 15 is 0 Å². The van der Waals surface area contributed by atoms with Gasteiger partial charge in [0, 0.05) is 5.56 Å². The first kappa shape index (κ1) is 19.2. The Bertz CT molecular complexity index is 747. The summed E-state index contributed by atoms with van der Waals surface area (Å²) in [5, 5.41) is 14.1. The molecule has 0 aliphatic rings. The van der Waals surface area contributed by atoms with Crippen LogP contribution in [0, 0.1) is 0 Å². The van der Waals surface area contributed by atoms with Crippen LogP contribution in [0.3, 0.4) is 0 Å². The number of carboxylic acid groups (broad SMARTS) is 1. The molecule has 0 aliphatic heterocycles. The van der Waals surface area contributed by atoms with E-state index in [1.807, 2.05) is 30.3 Å². The zero-order valence-electron chi connectivity index (χ0n) is 14.5. The lowest BCUT2D eigenvalue weighted by atomic mass is 10.0. The summed E-state index contributed by atoms with van der Waals surface area (Å²) in [6.45, 7) is 1.38. The van der Waals surface area contributed by atoms with Crippen molar-refractivity contribution in [1.82, 2.24) is 10.6 Å². The Morgan fingerprint density at radius 2 is 1.50 bits per heavy atom. The van der Waals surface area contributed by atoms with E-state index in [1.54, 1.807) is 30.3 Å². The second-order valence-corrected chi connectivity index (χ2v) is 5.98. The van der Waals surface area contributed by atoms with Crippen LogP contribution in [0.1, 0.15) is 29.3 Å². The van der Waals surface area contributed by atoms with E-state index in [-0.39, 0.29) is 5.91 Å². The normalized spacial score (nSPS) is 12.7. The predicted octanol–water partition coefficient (Wildman–Crippen LogP) is 2.01. The van der Waals surface area contributed by atoms with Gasteiger partial charge in [-0.1, -0.05) is 48.5 Å². The van der Waals surface area contributed by atoms with Gasteiger partial charge in [0.15, 0.2) is 0 Å². The lowest BCUT2D eigenvalue weighted by molar-refractivity contribution is -0.141. The average Bonchev–Trinajstić information content (AvgIpc) is 2.66. The molecule has 0 heterocycles. The van der Waals surface area contributed by atoms with E-state index in [0.29, 0.717) is 18.4 Å². The van der Waals surface area contributed by atoms with Gasteiger partial charge < -0.3 is 15.7 Å². The molecule has 136 valence electrons. The molecule has 0 unspecified atom stereocenters. The van der Waals surface area contributed by atoms with Crippen LogP contribution >= 0.6 is 0 Å². The largest absolute Gasteiger partial charge is 0.480 e. The summed E-state index contributed by atoms with van der Waals surface area (Å²) >= 11 is 0. The Balaban J connectivity index is 2.08. The Hall–Kier alpha value is -3.15. The molecular weight excluding hydrogens is 332 g/mol. The molecule has 0 saturated carbocycles.